The molecule has 0 aromatic carbocycles. The van der Waals surface area contributed by atoms with Gasteiger partial charge in [0.2, 0.25) is 5.91 Å². The molecule has 0 atom stereocenters. The highest BCUT2D eigenvalue weighted by Gasteiger charge is 2.14. The predicted molar refractivity (Wildman–Crippen MR) is 74.5 cm³/mol. The molecular weight excluding hydrogens is 242 g/mol. The molecule has 0 aliphatic heterocycles. The predicted octanol–water partition coefficient (Wildman–Crippen LogP) is 0.938. The standard InChI is InChI=1S/C13H25N5O/c1-10(2)6-14-7-11-8-18(17-16-11)9-12(19)15-13(3,4)5/h8,10,14H,6-7,9H2,1-5H3,(H,15,19). The molecule has 6 nitrogen and oxygen atoms in total. The van der Waals surface area contributed by atoms with Crippen LogP contribution in [0.25, 0.3) is 0 Å². The van der Waals surface area contributed by atoms with E-state index >= 15 is 0 Å². The number of rotatable bonds is 6. The first-order valence-electron chi connectivity index (χ1n) is 6.67. The van der Waals surface area contributed by atoms with Crippen LogP contribution in [-0.4, -0.2) is 33.0 Å². The van der Waals surface area contributed by atoms with Crippen LogP contribution in [0.4, 0.5) is 0 Å². The molecule has 0 radical (unpaired) electrons. The van der Waals surface area contributed by atoms with Gasteiger partial charge in [-0.15, -0.1) is 5.10 Å². The van der Waals surface area contributed by atoms with E-state index in [4.69, 9.17) is 0 Å². The molecule has 0 saturated carbocycles. The first-order valence-corrected chi connectivity index (χ1v) is 6.67. The fourth-order valence-corrected chi connectivity index (χ4v) is 1.59. The first kappa shape index (κ1) is 15.6. The van der Waals surface area contributed by atoms with Gasteiger partial charge in [-0.2, -0.15) is 0 Å². The highest BCUT2D eigenvalue weighted by molar-refractivity contribution is 5.76. The van der Waals surface area contributed by atoms with Gasteiger partial charge >= 0.3 is 0 Å². The molecule has 0 saturated heterocycles. The molecule has 1 rings (SSSR count). The highest BCUT2D eigenvalue weighted by Crippen LogP contribution is 1.99. The number of hydrogen-bond acceptors (Lipinski definition) is 4. The third kappa shape index (κ3) is 6.91. The first-order chi connectivity index (χ1) is 8.76. The van der Waals surface area contributed by atoms with E-state index in [9.17, 15) is 4.79 Å². The van der Waals surface area contributed by atoms with Crippen molar-refractivity contribution in [1.29, 1.82) is 0 Å². The summed E-state index contributed by atoms with van der Waals surface area (Å²) in [6.45, 7) is 12.0. The van der Waals surface area contributed by atoms with E-state index in [-0.39, 0.29) is 18.0 Å². The van der Waals surface area contributed by atoms with Crippen LogP contribution < -0.4 is 10.6 Å². The maximum Gasteiger partial charge on any atom is 0.242 e. The number of nitrogens with one attached hydrogen (secondary N) is 2. The van der Waals surface area contributed by atoms with Gasteiger partial charge in [-0.1, -0.05) is 19.1 Å². The fourth-order valence-electron chi connectivity index (χ4n) is 1.59. The zero-order valence-corrected chi connectivity index (χ0v) is 12.5. The third-order valence-corrected chi connectivity index (χ3v) is 2.26. The van der Waals surface area contributed by atoms with Gasteiger partial charge in [0.25, 0.3) is 0 Å². The minimum atomic E-state index is -0.223. The summed E-state index contributed by atoms with van der Waals surface area (Å²) < 4.78 is 1.56. The molecular formula is C13H25N5O. The molecule has 19 heavy (non-hydrogen) atoms. The van der Waals surface area contributed by atoms with Crippen LogP contribution in [0.15, 0.2) is 6.20 Å². The molecule has 0 aliphatic rings. The summed E-state index contributed by atoms with van der Waals surface area (Å²) in [4.78, 5) is 11.7. The van der Waals surface area contributed by atoms with Crippen molar-refractivity contribution in [1.82, 2.24) is 25.6 Å². The summed E-state index contributed by atoms with van der Waals surface area (Å²) in [5.74, 6) is 0.548. The Hall–Kier alpha value is -1.43. The number of amides is 1. The molecule has 1 aromatic heterocycles. The zero-order valence-electron chi connectivity index (χ0n) is 12.5. The largest absolute Gasteiger partial charge is 0.350 e. The molecule has 6 heteroatoms. The van der Waals surface area contributed by atoms with E-state index in [1.807, 2.05) is 20.8 Å². The Balaban J connectivity index is 2.40. The van der Waals surface area contributed by atoms with Gasteiger partial charge in [0.05, 0.1) is 11.9 Å². The topological polar surface area (TPSA) is 71.8 Å². The number of carbonyl (C=O) groups is 1. The van der Waals surface area contributed by atoms with Crippen molar-refractivity contribution in [2.24, 2.45) is 5.92 Å². The lowest BCUT2D eigenvalue weighted by Crippen LogP contribution is -2.42. The van der Waals surface area contributed by atoms with Crippen LogP contribution in [0.1, 0.15) is 40.3 Å². The molecule has 1 amide bonds. The van der Waals surface area contributed by atoms with Crippen molar-refractivity contribution < 1.29 is 4.79 Å². The molecule has 0 fully saturated rings. The Bertz CT molecular complexity index is 405. The molecule has 0 aliphatic carbocycles. The fraction of sp³-hybridized carbons (Fsp3) is 0.769. The van der Waals surface area contributed by atoms with Gasteiger partial charge in [0, 0.05) is 12.1 Å². The Morgan fingerprint density at radius 1 is 1.42 bits per heavy atom. The van der Waals surface area contributed by atoms with Crippen molar-refractivity contribution in [2.45, 2.75) is 53.2 Å². The molecule has 1 aromatic rings. The number of nitrogens with zero attached hydrogens (tertiary/aromatic N) is 3. The molecule has 0 spiro atoms. The van der Waals surface area contributed by atoms with Gasteiger partial charge in [-0.25, -0.2) is 4.68 Å². The second-order valence-electron chi connectivity index (χ2n) is 6.23. The van der Waals surface area contributed by atoms with Crippen LogP contribution in [0.3, 0.4) is 0 Å². The Kier molecular flexibility index (Phi) is 5.47. The van der Waals surface area contributed by atoms with Crippen molar-refractivity contribution >= 4 is 5.91 Å². The van der Waals surface area contributed by atoms with Crippen molar-refractivity contribution in [2.75, 3.05) is 6.54 Å². The maximum absolute atomic E-state index is 11.7. The minimum Gasteiger partial charge on any atom is -0.350 e. The molecule has 108 valence electrons. The number of carbonyl (C=O) groups excluding carboxylic acids is 1. The summed E-state index contributed by atoms with van der Waals surface area (Å²) in [7, 11) is 0. The van der Waals surface area contributed by atoms with Gasteiger partial charge in [0.1, 0.15) is 6.54 Å². The van der Waals surface area contributed by atoms with Crippen LogP contribution in [0, 0.1) is 5.92 Å². The lowest BCUT2D eigenvalue weighted by molar-refractivity contribution is -0.123. The monoisotopic (exact) mass is 267 g/mol. The summed E-state index contributed by atoms with van der Waals surface area (Å²) in [5.41, 5.74) is 0.628. The number of aromatic nitrogens is 3. The van der Waals surface area contributed by atoms with Crippen LogP contribution in [0.2, 0.25) is 0 Å². The Labute approximate surface area is 115 Å². The molecule has 1 heterocycles. The average Bonchev–Trinajstić information content (AvgIpc) is 2.61. The van der Waals surface area contributed by atoms with Crippen molar-refractivity contribution in [3.8, 4) is 0 Å². The van der Waals surface area contributed by atoms with E-state index in [1.165, 1.54) is 0 Å². The van der Waals surface area contributed by atoms with E-state index in [1.54, 1.807) is 10.9 Å². The minimum absolute atomic E-state index is 0.0564. The van der Waals surface area contributed by atoms with Crippen LogP contribution >= 0.6 is 0 Å². The lowest BCUT2D eigenvalue weighted by Gasteiger charge is -2.20. The second-order valence-corrected chi connectivity index (χ2v) is 6.23. The van der Waals surface area contributed by atoms with Gasteiger partial charge in [-0.05, 0) is 33.2 Å². The smallest absolute Gasteiger partial charge is 0.242 e. The summed E-state index contributed by atoms with van der Waals surface area (Å²) >= 11 is 0. The van der Waals surface area contributed by atoms with E-state index < -0.39 is 0 Å². The summed E-state index contributed by atoms with van der Waals surface area (Å²) in [5, 5.41) is 14.2. The SMILES string of the molecule is CC(C)CNCc1cn(CC(=O)NC(C)(C)C)nn1. The van der Waals surface area contributed by atoms with Gasteiger partial charge in [0.15, 0.2) is 0 Å². The summed E-state index contributed by atoms with van der Waals surface area (Å²) in [6, 6.07) is 0. The van der Waals surface area contributed by atoms with E-state index in [2.05, 4.69) is 34.8 Å². The third-order valence-electron chi connectivity index (χ3n) is 2.26. The number of hydrogen-bond donors (Lipinski definition) is 2. The normalized spacial score (nSPS) is 11.9. The maximum atomic E-state index is 11.7. The van der Waals surface area contributed by atoms with Gasteiger partial charge < -0.3 is 10.6 Å². The lowest BCUT2D eigenvalue weighted by atomic mass is 10.1. The zero-order chi connectivity index (χ0) is 14.5. The quantitative estimate of drug-likeness (QED) is 0.804. The van der Waals surface area contributed by atoms with Crippen LogP contribution in [-0.2, 0) is 17.9 Å². The average molecular weight is 267 g/mol. The van der Waals surface area contributed by atoms with Gasteiger partial charge in [-0.3, -0.25) is 4.79 Å². The molecule has 2 N–H and O–H groups in total. The van der Waals surface area contributed by atoms with E-state index in [0.717, 1.165) is 12.2 Å². The van der Waals surface area contributed by atoms with Crippen molar-refractivity contribution in [3.63, 3.8) is 0 Å². The Morgan fingerprint density at radius 2 is 2.11 bits per heavy atom. The summed E-state index contributed by atoms with van der Waals surface area (Å²) in [6.07, 6.45) is 1.80. The molecule has 0 bridgehead atoms. The Morgan fingerprint density at radius 3 is 2.68 bits per heavy atom. The highest BCUT2D eigenvalue weighted by atomic mass is 16.2. The van der Waals surface area contributed by atoms with E-state index in [0.29, 0.717) is 12.5 Å². The van der Waals surface area contributed by atoms with Crippen molar-refractivity contribution in [3.05, 3.63) is 11.9 Å². The second kappa shape index (κ2) is 6.65. The van der Waals surface area contributed by atoms with Crippen LogP contribution in [0.5, 0.6) is 0 Å². The molecule has 0 unspecified atom stereocenters.